The standard InChI is InChI=1S/C25H28N6O2/c1-16-12-17(2)22-19(13-16)14-21(25(32)26-22)23(30-10-4-5-11-30)24-27-28-29-31(24)15-18-6-8-20(33-3)9-7-18/h6-9,12-14,23H,4-5,10-11,15H2,1-3H3,(H,26,32)/t23-/m0/s1. The van der Waals surface area contributed by atoms with Gasteiger partial charge in [0.25, 0.3) is 5.56 Å². The molecule has 5 rings (SSSR count). The van der Waals surface area contributed by atoms with Crippen LogP contribution < -0.4 is 10.3 Å². The first-order valence-corrected chi connectivity index (χ1v) is 11.3. The first-order chi connectivity index (χ1) is 16.0. The van der Waals surface area contributed by atoms with E-state index in [-0.39, 0.29) is 11.6 Å². The number of methoxy groups -OCH3 is 1. The van der Waals surface area contributed by atoms with Crippen LogP contribution in [0.4, 0.5) is 0 Å². The maximum atomic E-state index is 13.3. The number of benzene rings is 2. The van der Waals surface area contributed by atoms with Crippen LogP contribution in [0.25, 0.3) is 10.9 Å². The summed E-state index contributed by atoms with van der Waals surface area (Å²) in [5.74, 6) is 1.49. The molecule has 0 spiro atoms. The molecule has 170 valence electrons. The summed E-state index contributed by atoms with van der Waals surface area (Å²) in [6.45, 7) is 6.43. The maximum Gasteiger partial charge on any atom is 0.253 e. The second kappa shape index (κ2) is 8.78. The van der Waals surface area contributed by atoms with Gasteiger partial charge in [0.05, 0.1) is 19.2 Å². The topological polar surface area (TPSA) is 88.9 Å². The van der Waals surface area contributed by atoms with Gasteiger partial charge in [0.15, 0.2) is 5.82 Å². The molecular weight excluding hydrogens is 416 g/mol. The van der Waals surface area contributed by atoms with Crippen molar-refractivity contribution < 1.29 is 4.74 Å². The van der Waals surface area contributed by atoms with Gasteiger partial charge < -0.3 is 9.72 Å². The fourth-order valence-electron chi connectivity index (χ4n) is 4.83. The fourth-order valence-corrected chi connectivity index (χ4v) is 4.83. The minimum absolute atomic E-state index is 0.0923. The van der Waals surface area contributed by atoms with Gasteiger partial charge in [-0.1, -0.05) is 23.8 Å². The van der Waals surface area contributed by atoms with E-state index in [2.05, 4.69) is 44.5 Å². The van der Waals surface area contributed by atoms with Crippen LogP contribution in [0.2, 0.25) is 0 Å². The molecule has 8 nitrogen and oxygen atoms in total. The predicted molar refractivity (Wildman–Crippen MR) is 127 cm³/mol. The lowest BCUT2D eigenvalue weighted by atomic mass is 10.0. The molecule has 1 saturated heterocycles. The molecule has 0 bridgehead atoms. The Labute approximate surface area is 192 Å². The van der Waals surface area contributed by atoms with E-state index in [0.29, 0.717) is 17.9 Å². The molecule has 33 heavy (non-hydrogen) atoms. The largest absolute Gasteiger partial charge is 0.497 e. The number of ether oxygens (including phenoxy) is 1. The van der Waals surface area contributed by atoms with E-state index in [9.17, 15) is 4.79 Å². The molecule has 0 radical (unpaired) electrons. The highest BCUT2D eigenvalue weighted by atomic mass is 16.5. The number of aromatic amines is 1. The lowest BCUT2D eigenvalue weighted by Crippen LogP contribution is -2.33. The molecule has 3 heterocycles. The van der Waals surface area contributed by atoms with Gasteiger partial charge in [-0.3, -0.25) is 9.69 Å². The van der Waals surface area contributed by atoms with Gasteiger partial charge in [-0.2, -0.15) is 0 Å². The van der Waals surface area contributed by atoms with Crippen molar-refractivity contribution in [2.75, 3.05) is 20.2 Å². The lowest BCUT2D eigenvalue weighted by molar-refractivity contribution is 0.263. The Bertz CT molecular complexity index is 1340. The summed E-state index contributed by atoms with van der Waals surface area (Å²) in [6, 6.07) is 13.8. The van der Waals surface area contributed by atoms with E-state index in [1.807, 2.05) is 37.3 Å². The van der Waals surface area contributed by atoms with Gasteiger partial charge in [-0.15, -0.1) is 5.10 Å². The van der Waals surface area contributed by atoms with Crippen LogP contribution in [0.1, 0.15) is 47.0 Å². The van der Waals surface area contributed by atoms with Crippen LogP contribution in [0.5, 0.6) is 5.75 Å². The van der Waals surface area contributed by atoms with E-state index >= 15 is 0 Å². The number of pyridine rings is 1. The molecule has 8 heteroatoms. The zero-order chi connectivity index (χ0) is 22.9. The summed E-state index contributed by atoms with van der Waals surface area (Å²) >= 11 is 0. The first kappa shape index (κ1) is 21.3. The first-order valence-electron chi connectivity index (χ1n) is 11.3. The Morgan fingerprint density at radius 2 is 1.85 bits per heavy atom. The number of likely N-dealkylation sites (tertiary alicyclic amines) is 1. The van der Waals surface area contributed by atoms with Crippen molar-refractivity contribution in [1.29, 1.82) is 0 Å². The Kier molecular flexibility index (Phi) is 5.68. The van der Waals surface area contributed by atoms with E-state index in [0.717, 1.165) is 53.7 Å². The minimum atomic E-state index is -0.310. The SMILES string of the molecule is COc1ccc(Cn2nnnc2[C@H](c2cc3cc(C)cc(C)c3[nH]c2=O)N2CCCC2)cc1. The third-order valence-electron chi connectivity index (χ3n) is 6.42. The zero-order valence-electron chi connectivity index (χ0n) is 19.2. The van der Waals surface area contributed by atoms with E-state index in [4.69, 9.17) is 4.74 Å². The summed E-state index contributed by atoms with van der Waals surface area (Å²) < 4.78 is 7.07. The number of aryl methyl sites for hydroxylation is 2. The van der Waals surface area contributed by atoms with Crippen molar-refractivity contribution in [3.63, 3.8) is 0 Å². The molecular formula is C25H28N6O2. The van der Waals surface area contributed by atoms with Gasteiger partial charge in [-0.25, -0.2) is 4.68 Å². The summed E-state index contributed by atoms with van der Waals surface area (Å²) in [6.07, 6.45) is 2.19. The maximum absolute atomic E-state index is 13.3. The van der Waals surface area contributed by atoms with Crippen molar-refractivity contribution in [3.8, 4) is 5.75 Å². The number of H-pyrrole nitrogens is 1. The second-order valence-electron chi connectivity index (χ2n) is 8.79. The summed E-state index contributed by atoms with van der Waals surface area (Å²) in [5, 5.41) is 13.7. The summed E-state index contributed by atoms with van der Waals surface area (Å²) in [5.41, 5.74) is 4.76. The van der Waals surface area contributed by atoms with Gasteiger partial charge in [0.2, 0.25) is 0 Å². The molecule has 1 atom stereocenters. The number of aromatic nitrogens is 5. The van der Waals surface area contributed by atoms with Gasteiger partial charge >= 0.3 is 0 Å². The quantitative estimate of drug-likeness (QED) is 0.491. The summed E-state index contributed by atoms with van der Waals surface area (Å²) in [4.78, 5) is 18.8. The molecule has 0 saturated carbocycles. The van der Waals surface area contributed by atoms with E-state index in [1.54, 1.807) is 11.8 Å². The molecule has 1 aliphatic heterocycles. The highest BCUT2D eigenvalue weighted by Crippen LogP contribution is 2.30. The smallest absolute Gasteiger partial charge is 0.253 e. The minimum Gasteiger partial charge on any atom is -0.497 e. The van der Waals surface area contributed by atoms with E-state index in [1.165, 1.54) is 5.56 Å². The number of nitrogens with zero attached hydrogens (tertiary/aromatic N) is 5. The van der Waals surface area contributed by atoms with Gasteiger partial charge in [-0.05, 0) is 91.0 Å². The zero-order valence-corrected chi connectivity index (χ0v) is 19.2. The molecule has 1 fully saturated rings. The number of nitrogens with one attached hydrogen (secondary N) is 1. The van der Waals surface area contributed by atoms with Crippen LogP contribution >= 0.6 is 0 Å². The monoisotopic (exact) mass is 444 g/mol. The number of rotatable bonds is 6. The molecule has 0 aliphatic carbocycles. The van der Waals surface area contributed by atoms with Crippen LogP contribution in [-0.2, 0) is 6.54 Å². The van der Waals surface area contributed by atoms with Crippen molar-refractivity contribution >= 4 is 10.9 Å². The van der Waals surface area contributed by atoms with Crippen LogP contribution in [-0.4, -0.2) is 50.3 Å². The van der Waals surface area contributed by atoms with Crippen molar-refractivity contribution in [1.82, 2.24) is 30.1 Å². The lowest BCUT2D eigenvalue weighted by Gasteiger charge is -2.26. The molecule has 4 aromatic rings. The van der Waals surface area contributed by atoms with Crippen molar-refractivity contribution in [3.05, 3.63) is 80.9 Å². The van der Waals surface area contributed by atoms with Gasteiger partial charge in [0.1, 0.15) is 11.8 Å². The number of hydrogen-bond donors (Lipinski definition) is 1. The number of tetrazole rings is 1. The highest BCUT2D eigenvalue weighted by molar-refractivity contribution is 5.83. The second-order valence-corrected chi connectivity index (χ2v) is 8.79. The Balaban J connectivity index is 1.60. The van der Waals surface area contributed by atoms with Crippen LogP contribution in [0, 0.1) is 13.8 Å². The molecule has 0 unspecified atom stereocenters. The molecule has 2 aromatic carbocycles. The molecule has 0 amide bonds. The normalized spacial score (nSPS) is 15.2. The van der Waals surface area contributed by atoms with Gasteiger partial charge in [0, 0.05) is 5.56 Å². The number of hydrogen-bond acceptors (Lipinski definition) is 6. The Morgan fingerprint density at radius 3 is 2.58 bits per heavy atom. The molecule has 1 N–H and O–H groups in total. The van der Waals surface area contributed by atoms with Crippen molar-refractivity contribution in [2.45, 2.75) is 39.3 Å². The van der Waals surface area contributed by atoms with Crippen LogP contribution in [0.15, 0.2) is 47.3 Å². The number of fused-ring (bicyclic) bond motifs is 1. The third kappa shape index (κ3) is 4.14. The molecule has 1 aliphatic rings. The molecule has 2 aromatic heterocycles. The van der Waals surface area contributed by atoms with E-state index < -0.39 is 0 Å². The Morgan fingerprint density at radius 1 is 1.09 bits per heavy atom. The van der Waals surface area contributed by atoms with Crippen LogP contribution in [0.3, 0.4) is 0 Å². The summed E-state index contributed by atoms with van der Waals surface area (Å²) in [7, 11) is 1.65. The average Bonchev–Trinajstić information content (AvgIpc) is 3.49. The predicted octanol–water partition coefficient (Wildman–Crippen LogP) is 3.37. The highest BCUT2D eigenvalue weighted by Gasteiger charge is 2.32. The van der Waals surface area contributed by atoms with Crippen molar-refractivity contribution in [2.24, 2.45) is 0 Å². The fraction of sp³-hybridized carbons (Fsp3) is 0.360. The average molecular weight is 445 g/mol. The third-order valence-corrected chi connectivity index (χ3v) is 6.42. The Hall–Kier alpha value is -3.52.